The highest BCUT2D eigenvalue weighted by molar-refractivity contribution is 5.94. The molecule has 0 unspecified atom stereocenters. The van der Waals surface area contributed by atoms with Crippen molar-refractivity contribution in [2.24, 2.45) is 0 Å². The summed E-state index contributed by atoms with van der Waals surface area (Å²) in [5.41, 5.74) is -0.790. The van der Waals surface area contributed by atoms with E-state index in [1.54, 1.807) is 20.8 Å². The van der Waals surface area contributed by atoms with Crippen LogP contribution in [0, 0.1) is 0 Å². The van der Waals surface area contributed by atoms with Gasteiger partial charge in [-0.1, -0.05) is 18.2 Å². The molecule has 0 radical (unpaired) electrons. The minimum atomic E-state index is -4.92. The molecule has 0 atom stereocenters. The third-order valence-electron chi connectivity index (χ3n) is 2.30. The smallest absolute Gasteiger partial charge is 0.450 e. The van der Waals surface area contributed by atoms with Crippen LogP contribution in [0.25, 0.3) is 0 Å². The zero-order valence-electron chi connectivity index (χ0n) is 11.4. The Hall–Kier alpha value is -1.85. The Morgan fingerprint density at radius 2 is 1.65 bits per heavy atom. The minimum Gasteiger partial charge on any atom is -0.456 e. The fraction of sp³-hybridized carbons (Fsp3) is 0.429. The Balaban J connectivity index is 3.00. The van der Waals surface area contributed by atoms with Crippen LogP contribution in [-0.4, -0.2) is 23.5 Å². The number of benzene rings is 1. The standard InChI is InChI=1S/C14H15F3O3/c1-13(2,3)20-12(19)10-7-5-4-6-9(10)8-11(18)14(15,16)17/h4-7H,8H2,1-3H3. The number of ether oxygens (including phenoxy) is 1. The number of hydrogen-bond donors (Lipinski definition) is 0. The maximum atomic E-state index is 12.3. The maximum Gasteiger partial charge on any atom is 0.450 e. The first-order chi connectivity index (χ1) is 9.00. The molecular formula is C14H15F3O3. The van der Waals surface area contributed by atoms with Gasteiger partial charge in [-0.25, -0.2) is 4.79 Å². The first kappa shape index (κ1) is 16.2. The van der Waals surface area contributed by atoms with E-state index in [1.165, 1.54) is 24.3 Å². The number of rotatable bonds is 3. The predicted octanol–water partition coefficient (Wildman–Crippen LogP) is 3.32. The molecule has 0 saturated carbocycles. The molecule has 0 fully saturated rings. The molecule has 0 amide bonds. The Bertz CT molecular complexity index is 513. The largest absolute Gasteiger partial charge is 0.456 e. The van der Waals surface area contributed by atoms with E-state index in [0.717, 1.165) is 0 Å². The predicted molar refractivity (Wildman–Crippen MR) is 66.4 cm³/mol. The summed E-state index contributed by atoms with van der Waals surface area (Å²) in [5, 5.41) is 0. The lowest BCUT2D eigenvalue weighted by Crippen LogP contribution is -2.27. The molecule has 6 heteroatoms. The Labute approximate surface area is 114 Å². The van der Waals surface area contributed by atoms with Crippen LogP contribution >= 0.6 is 0 Å². The van der Waals surface area contributed by atoms with Gasteiger partial charge in [0.15, 0.2) is 0 Å². The molecule has 3 nitrogen and oxygen atoms in total. The van der Waals surface area contributed by atoms with Crippen molar-refractivity contribution in [3.63, 3.8) is 0 Å². The highest BCUT2D eigenvalue weighted by atomic mass is 19.4. The Morgan fingerprint density at radius 3 is 2.15 bits per heavy atom. The fourth-order valence-corrected chi connectivity index (χ4v) is 1.48. The van der Waals surface area contributed by atoms with Crippen molar-refractivity contribution in [1.82, 2.24) is 0 Å². The van der Waals surface area contributed by atoms with Crippen LogP contribution < -0.4 is 0 Å². The number of ketones is 1. The fourth-order valence-electron chi connectivity index (χ4n) is 1.48. The summed E-state index contributed by atoms with van der Waals surface area (Å²) in [6.45, 7) is 4.94. The molecular weight excluding hydrogens is 273 g/mol. The number of alkyl halides is 3. The van der Waals surface area contributed by atoms with Crippen LogP contribution in [0.4, 0.5) is 13.2 Å². The van der Waals surface area contributed by atoms with Gasteiger partial charge >= 0.3 is 12.1 Å². The number of halogens is 3. The molecule has 0 aliphatic carbocycles. The lowest BCUT2D eigenvalue weighted by Gasteiger charge is -2.20. The summed E-state index contributed by atoms with van der Waals surface area (Å²) in [7, 11) is 0. The SMILES string of the molecule is CC(C)(C)OC(=O)c1ccccc1CC(=O)C(F)(F)F. The van der Waals surface area contributed by atoms with Gasteiger partial charge in [-0.15, -0.1) is 0 Å². The molecule has 0 bridgehead atoms. The third-order valence-corrected chi connectivity index (χ3v) is 2.30. The van der Waals surface area contributed by atoms with Gasteiger partial charge in [0.1, 0.15) is 5.60 Å². The summed E-state index contributed by atoms with van der Waals surface area (Å²) in [6, 6.07) is 5.61. The third kappa shape index (κ3) is 4.68. The Morgan fingerprint density at radius 1 is 1.10 bits per heavy atom. The molecule has 1 rings (SSSR count). The molecule has 1 aromatic rings. The topological polar surface area (TPSA) is 43.4 Å². The van der Waals surface area contributed by atoms with Crippen molar-refractivity contribution in [2.45, 2.75) is 39.0 Å². The number of carbonyl (C=O) groups is 2. The van der Waals surface area contributed by atoms with E-state index in [2.05, 4.69) is 0 Å². The molecule has 110 valence electrons. The van der Waals surface area contributed by atoms with Crippen molar-refractivity contribution >= 4 is 11.8 Å². The monoisotopic (exact) mass is 288 g/mol. The first-order valence-corrected chi connectivity index (χ1v) is 5.92. The number of carbonyl (C=O) groups excluding carboxylic acids is 2. The van der Waals surface area contributed by atoms with Gasteiger partial charge in [0.2, 0.25) is 5.78 Å². The summed E-state index contributed by atoms with van der Waals surface area (Å²) in [5.74, 6) is -2.64. The quantitative estimate of drug-likeness (QED) is 0.801. The van der Waals surface area contributed by atoms with Crippen molar-refractivity contribution in [2.75, 3.05) is 0 Å². The van der Waals surface area contributed by atoms with E-state index in [9.17, 15) is 22.8 Å². The summed E-state index contributed by atoms with van der Waals surface area (Å²) >= 11 is 0. The molecule has 0 aromatic heterocycles. The van der Waals surface area contributed by atoms with E-state index in [-0.39, 0.29) is 11.1 Å². The summed E-state index contributed by atoms with van der Waals surface area (Å²) in [6.07, 6.45) is -5.79. The molecule has 1 aromatic carbocycles. The van der Waals surface area contributed by atoms with Crippen molar-refractivity contribution in [3.8, 4) is 0 Å². The van der Waals surface area contributed by atoms with E-state index in [0.29, 0.717) is 0 Å². The average Bonchev–Trinajstić information content (AvgIpc) is 2.25. The van der Waals surface area contributed by atoms with Crippen LogP contribution in [0.5, 0.6) is 0 Å². The zero-order valence-corrected chi connectivity index (χ0v) is 11.4. The van der Waals surface area contributed by atoms with E-state index >= 15 is 0 Å². The summed E-state index contributed by atoms with van der Waals surface area (Å²) < 4.78 is 41.9. The highest BCUT2D eigenvalue weighted by Gasteiger charge is 2.38. The zero-order chi connectivity index (χ0) is 15.6. The van der Waals surface area contributed by atoms with Gasteiger partial charge in [0.05, 0.1) is 5.56 Å². The normalized spacial score (nSPS) is 12.1. The molecule has 0 aliphatic heterocycles. The Kier molecular flexibility index (Phi) is 4.57. The van der Waals surface area contributed by atoms with Gasteiger partial charge < -0.3 is 4.74 Å². The van der Waals surface area contributed by atoms with Gasteiger partial charge in [-0.05, 0) is 32.4 Å². The number of hydrogen-bond acceptors (Lipinski definition) is 3. The second-order valence-corrected chi connectivity index (χ2v) is 5.26. The van der Waals surface area contributed by atoms with E-state index in [1.807, 2.05) is 0 Å². The van der Waals surface area contributed by atoms with Crippen molar-refractivity contribution in [1.29, 1.82) is 0 Å². The van der Waals surface area contributed by atoms with Gasteiger partial charge in [0, 0.05) is 6.42 Å². The minimum absolute atomic E-state index is 0.00377. The second-order valence-electron chi connectivity index (χ2n) is 5.26. The average molecular weight is 288 g/mol. The van der Waals surface area contributed by atoms with Crippen molar-refractivity contribution < 1.29 is 27.5 Å². The lowest BCUT2D eigenvalue weighted by molar-refractivity contribution is -0.170. The van der Waals surface area contributed by atoms with Gasteiger partial charge in [0.25, 0.3) is 0 Å². The second kappa shape index (κ2) is 5.64. The van der Waals surface area contributed by atoms with Crippen LogP contribution in [0.2, 0.25) is 0 Å². The number of esters is 1. The van der Waals surface area contributed by atoms with Crippen LogP contribution in [-0.2, 0) is 16.0 Å². The molecule has 0 saturated heterocycles. The highest BCUT2D eigenvalue weighted by Crippen LogP contribution is 2.21. The van der Waals surface area contributed by atoms with Crippen molar-refractivity contribution in [3.05, 3.63) is 35.4 Å². The van der Waals surface area contributed by atoms with Crippen LogP contribution in [0.3, 0.4) is 0 Å². The molecule has 0 aliphatic rings. The first-order valence-electron chi connectivity index (χ1n) is 5.92. The molecule has 0 heterocycles. The van der Waals surface area contributed by atoms with Gasteiger partial charge in [-0.3, -0.25) is 4.79 Å². The van der Waals surface area contributed by atoms with Crippen LogP contribution in [0.15, 0.2) is 24.3 Å². The van der Waals surface area contributed by atoms with Gasteiger partial charge in [-0.2, -0.15) is 13.2 Å². The van der Waals surface area contributed by atoms with E-state index < -0.39 is 30.0 Å². The maximum absolute atomic E-state index is 12.3. The number of Topliss-reactive ketones (excluding diaryl/α,β-unsaturated/α-hetero) is 1. The van der Waals surface area contributed by atoms with E-state index in [4.69, 9.17) is 4.74 Å². The summed E-state index contributed by atoms with van der Waals surface area (Å²) in [4.78, 5) is 22.9. The molecule has 0 spiro atoms. The molecule has 0 N–H and O–H groups in total. The van der Waals surface area contributed by atoms with Crippen LogP contribution in [0.1, 0.15) is 36.7 Å². The lowest BCUT2D eigenvalue weighted by atomic mass is 10.0. The molecule has 20 heavy (non-hydrogen) atoms.